The van der Waals surface area contributed by atoms with Crippen molar-refractivity contribution in [3.05, 3.63) is 47.8 Å². The third kappa shape index (κ3) is 2.02. The normalized spacial score (nSPS) is 11.5. The third-order valence-corrected chi connectivity index (χ3v) is 2.92. The molecule has 0 spiro atoms. The van der Waals surface area contributed by atoms with Gasteiger partial charge in [-0.1, -0.05) is 31.2 Å². The molecule has 0 aliphatic carbocycles. The number of hydrogen-bond donors (Lipinski definition) is 0. The van der Waals surface area contributed by atoms with Crippen molar-refractivity contribution >= 4 is 21.6 Å². The van der Waals surface area contributed by atoms with Crippen LogP contribution in [0.25, 0.3) is 10.2 Å². The zero-order valence-corrected chi connectivity index (χ0v) is 8.92. The van der Waals surface area contributed by atoms with Gasteiger partial charge in [0.1, 0.15) is 5.01 Å². The van der Waals surface area contributed by atoms with Crippen LogP contribution in [0.4, 0.5) is 0 Å². The third-order valence-electron chi connectivity index (χ3n) is 1.92. The lowest BCUT2D eigenvalue weighted by molar-refractivity contribution is 1.22. The van der Waals surface area contributed by atoms with E-state index in [1.54, 1.807) is 11.3 Å². The fourth-order valence-electron chi connectivity index (χ4n) is 1.25. The molecule has 2 aromatic rings. The number of thiazole rings is 1. The van der Waals surface area contributed by atoms with Crippen LogP contribution in [0.15, 0.2) is 36.4 Å². The van der Waals surface area contributed by atoms with Crippen molar-refractivity contribution in [3.8, 4) is 0 Å². The number of aromatic nitrogens is 1. The molecule has 0 aliphatic rings. The van der Waals surface area contributed by atoms with Crippen LogP contribution in [-0.2, 0) is 0 Å². The Morgan fingerprint density at radius 2 is 2.21 bits per heavy atom. The van der Waals surface area contributed by atoms with Gasteiger partial charge in [-0.3, -0.25) is 0 Å². The first kappa shape index (κ1) is 9.41. The van der Waals surface area contributed by atoms with Crippen molar-refractivity contribution in [3.63, 3.8) is 0 Å². The Morgan fingerprint density at radius 3 is 3.00 bits per heavy atom. The van der Waals surface area contributed by atoms with E-state index in [2.05, 4.69) is 36.5 Å². The minimum atomic E-state index is 1.07. The Kier molecular flexibility index (Phi) is 2.94. The van der Waals surface area contributed by atoms with E-state index < -0.39 is 0 Å². The molecule has 0 saturated carbocycles. The number of benzene rings is 1. The Bertz CT molecular complexity index is 409. The highest BCUT2D eigenvalue weighted by molar-refractivity contribution is 7.18. The van der Waals surface area contributed by atoms with Crippen LogP contribution < -0.4 is 0 Å². The lowest BCUT2D eigenvalue weighted by Gasteiger charge is -1.83. The van der Waals surface area contributed by atoms with Gasteiger partial charge in [0, 0.05) is 6.42 Å². The maximum Gasteiger partial charge on any atom is 0.102 e. The van der Waals surface area contributed by atoms with Gasteiger partial charge < -0.3 is 0 Å². The van der Waals surface area contributed by atoms with Gasteiger partial charge >= 0.3 is 0 Å². The molecule has 0 bridgehead atoms. The van der Waals surface area contributed by atoms with Crippen molar-refractivity contribution in [2.24, 2.45) is 0 Å². The second-order valence-electron chi connectivity index (χ2n) is 3.02. The predicted molar refractivity (Wildman–Crippen MR) is 62.5 cm³/mol. The Morgan fingerprint density at radius 1 is 1.36 bits per heavy atom. The van der Waals surface area contributed by atoms with Gasteiger partial charge in [-0.25, -0.2) is 4.98 Å². The van der Waals surface area contributed by atoms with Crippen LogP contribution in [0.3, 0.4) is 0 Å². The summed E-state index contributed by atoms with van der Waals surface area (Å²) in [6.07, 6.45) is 7.33. The lowest BCUT2D eigenvalue weighted by Crippen LogP contribution is -1.73. The van der Waals surface area contributed by atoms with Crippen molar-refractivity contribution in [2.75, 3.05) is 0 Å². The van der Waals surface area contributed by atoms with Crippen LogP contribution in [-0.4, -0.2) is 4.98 Å². The van der Waals surface area contributed by atoms with E-state index in [1.807, 2.05) is 18.2 Å². The second kappa shape index (κ2) is 4.38. The molecule has 0 aliphatic heterocycles. The number of rotatable bonds is 3. The second-order valence-corrected chi connectivity index (χ2v) is 4.09. The number of nitrogens with zero attached hydrogens (tertiary/aromatic N) is 1. The van der Waals surface area contributed by atoms with Crippen LogP contribution >= 0.6 is 11.3 Å². The molecule has 0 fully saturated rings. The first-order chi connectivity index (χ1) is 6.90. The first-order valence-electron chi connectivity index (χ1n) is 4.75. The summed E-state index contributed by atoms with van der Waals surface area (Å²) in [5.74, 6) is 0. The predicted octanol–water partition coefficient (Wildman–Crippen LogP) is 3.81. The quantitative estimate of drug-likeness (QED) is 0.737. The highest BCUT2D eigenvalue weighted by Gasteiger charge is 2.00. The van der Waals surface area contributed by atoms with Gasteiger partial charge in [0.15, 0.2) is 0 Å². The van der Waals surface area contributed by atoms with E-state index in [-0.39, 0.29) is 0 Å². The average molecular weight is 202 g/mol. The van der Waals surface area contributed by atoms with Gasteiger partial charge in [0.05, 0.1) is 10.2 Å². The zero-order chi connectivity index (χ0) is 9.80. The summed E-state index contributed by atoms with van der Waals surface area (Å²) in [6.45, 7) is 2.13. The molecular weight excluding hydrogens is 190 g/mol. The highest BCUT2D eigenvalue weighted by atomic mass is 32.1. The Labute approximate surface area is 88.1 Å². The standard InChI is InChI=1S/C12H12NS/c1-2-3-4-9-12-13-10-7-5-6-8-11(10)14-12/h3-9H,2H2,1H3/b4-3+. The maximum absolute atomic E-state index is 4.50. The minimum absolute atomic E-state index is 1.07. The lowest BCUT2D eigenvalue weighted by atomic mass is 10.3. The Hall–Kier alpha value is -1.15. The maximum atomic E-state index is 4.50. The molecule has 71 valence electrons. The minimum Gasteiger partial charge on any atom is -0.241 e. The molecule has 0 amide bonds. The van der Waals surface area contributed by atoms with E-state index in [1.165, 1.54) is 4.70 Å². The van der Waals surface area contributed by atoms with E-state index in [9.17, 15) is 0 Å². The molecule has 0 N–H and O–H groups in total. The Balaban J connectivity index is 2.23. The summed E-state index contributed by atoms with van der Waals surface area (Å²) in [6, 6.07) is 8.22. The summed E-state index contributed by atoms with van der Waals surface area (Å²) in [5, 5.41) is 1.08. The first-order valence-corrected chi connectivity index (χ1v) is 5.57. The van der Waals surface area contributed by atoms with Gasteiger partial charge in [0.25, 0.3) is 0 Å². The molecule has 0 atom stereocenters. The van der Waals surface area contributed by atoms with Gasteiger partial charge in [-0.05, 0) is 18.6 Å². The summed E-state index contributed by atoms with van der Waals surface area (Å²) in [7, 11) is 0. The fourth-order valence-corrected chi connectivity index (χ4v) is 2.13. The molecule has 1 heterocycles. The fraction of sp³-hybridized carbons (Fsp3) is 0.167. The SMILES string of the molecule is CC/C=C/[CH]c1nc2ccccc2s1. The molecule has 1 aromatic carbocycles. The number of allylic oxidation sites excluding steroid dienone is 2. The summed E-state index contributed by atoms with van der Waals surface area (Å²) in [5.41, 5.74) is 1.09. The van der Waals surface area contributed by atoms with Gasteiger partial charge in [-0.2, -0.15) is 0 Å². The van der Waals surface area contributed by atoms with Crippen molar-refractivity contribution in [1.82, 2.24) is 4.98 Å². The van der Waals surface area contributed by atoms with Crippen LogP contribution in [0.1, 0.15) is 18.4 Å². The topological polar surface area (TPSA) is 12.9 Å². The van der Waals surface area contributed by atoms with Gasteiger partial charge in [0.2, 0.25) is 0 Å². The summed E-state index contributed by atoms with van der Waals surface area (Å²) >= 11 is 1.73. The molecule has 1 nitrogen and oxygen atoms in total. The van der Waals surface area contributed by atoms with E-state index in [0.29, 0.717) is 0 Å². The van der Waals surface area contributed by atoms with Crippen LogP contribution in [0.2, 0.25) is 0 Å². The number of fused-ring (bicyclic) bond motifs is 1. The van der Waals surface area contributed by atoms with Crippen LogP contribution in [0.5, 0.6) is 0 Å². The molecule has 2 rings (SSSR count). The van der Waals surface area contributed by atoms with Crippen LogP contribution in [0, 0.1) is 6.42 Å². The smallest absolute Gasteiger partial charge is 0.102 e. The van der Waals surface area contributed by atoms with Crippen molar-refractivity contribution in [2.45, 2.75) is 13.3 Å². The average Bonchev–Trinajstić information content (AvgIpc) is 2.60. The van der Waals surface area contributed by atoms with E-state index in [0.717, 1.165) is 16.9 Å². The van der Waals surface area contributed by atoms with Gasteiger partial charge in [-0.15, -0.1) is 11.3 Å². The highest BCUT2D eigenvalue weighted by Crippen LogP contribution is 2.22. The number of hydrogen-bond acceptors (Lipinski definition) is 2. The monoisotopic (exact) mass is 202 g/mol. The molecule has 0 saturated heterocycles. The molecular formula is C12H12NS. The molecule has 2 heteroatoms. The largest absolute Gasteiger partial charge is 0.241 e. The van der Waals surface area contributed by atoms with E-state index in [4.69, 9.17) is 0 Å². The molecule has 1 aromatic heterocycles. The van der Waals surface area contributed by atoms with E-state index >= 15 is 0 Å². The number of para-hydroxylation sites is 1. The molecule has 1 radical (unpaired) electrons. The molecule has 14 heavy (non-hydrogen) atoms. The summed E-state index contributed by atoms with van der Waals surface area (Å²) in [4.78, 5) is 4.50. The summed E-state index contributed by atoms with van der Waals surface area (Å²) < 4.78 is 1.25. The zero-order valence-electron chi connectivity index (χ0n) is 8.10. The molecule has 0 unspecified atom stereocenters. The van der Waals surface area contributed by atoms with Crippen molar-refractivity contribution in [1.29, 1.82) is 0 Å². The van der Waals surface area contributed by atoms with Crippen molar-refractivity contribution < 1.29 is 0 Å².